The number of ketones is 1. The van der Waals surface area contributed by atoms with Gasteiger partial charge in [-0.25, -0.2) is 9.18 Å². The molecule has 0 saturated carbocycles. The minimum absolute atomic E-state index is 0.0369. The van der Waals surface area contributed by atoms with Crippen LogP contribution in [-0.4, -0.2) is 32.5 Å². The van der Waals surface area contributed by atoms with E-state index in [-0.39, 0.29) is 22.7 Å². The van der Waals surface area contributed by atoms with E-state index in [1.807, 2.05) is 30.4 Å². The number of H-pyrrole nitrogens is 1. The first-order valence-electron chi connectivity index (χ1n) is 12.7. The number of fused-ring (bicyclic) bond motifs is 1. The van der Waals surface area contributed by atoms with Gasteiger partial charge >= 0.3 is 5.97 Å². The predicted molar refractivity (Wildman–Crippen MR) is 144 cm³/mol. The van der Waals surface area contributed by atoms with Gasteiger partial charge in [0, 0.05) is 40.9 Å². The third-order valence-corrected chi connectivity index (χ3v) is 6.62. The molecule has 38 heavy (non-hydrogen) atoms. The van der Waals surface area contributed by atoms with E-state index in [4.69, 9.17) is 4.74 Å². The maximum atomic E-state index is 13.6. The fourth-order valence-electron chi connectivity index (χ4n) is 5.06. The summed E-state index contributed by atoms with van der Waals surface area (Å²) in [7, 11) is 0. The summed E-state index contributed by atoms with van der Waals surface area (Å²) >= 11 is 0. The number of esters is 1. The molecule has 3 aromatic rings. The number of ether oxygens (including phenoxy) is 1. The van der Waals surface area contributed by atoms with Crippen LogP contribution in [0.1, 0.15) is 75.1 Å². The van der Waals surface area contributed by atoms with E-state index in [0.29, 0.717) is 35.5 Å². The number of anilines is 1. The number of hydrogen-bond donors (Lipinski definition) is 2. The molecule has 2 aliphatic rings. The molecular weight excluding hydrogens is 483 g/mol. The van der Waals surface area contributed by atoms with Crippen molar-refractivity contribution in [1.82, 2.24) is 15.2 Å². The zero-order valence-electron chi connectivity index (χ0n) is 22.2. The maximum Gasteiger partial charge on any atom is 0.359 e. The van der Waals surface area contributed by atoms with Crippen LogP contribution >= 0.6 is 0 Å². The molecule has 7 nitrogen and oxygen atoms in total. The number of Topliss-reactive ketones (excluding diaryl/α,β-unsaturated/α-hetero) is 1. The first kappa shape index (κ1) is 25.6. The van der Waals surface area contributed by atoms with E-state index in [0.717, 1.165) is 16.8 Å². The molecule has 0 saturated heterocycles. The molecule has 0 amide bonds. The fourth-order valence-corrected chi connectivity index (χ4v) is 5.06. The molecule has 5 rings (SSSR count). The van der Waals surface area contributed by atoms with Gasteiger partial charge in [-0.3, -0.25) is 14.9 Å². The molecule has 1 unspecified atom stereocenters. The van der Waals surface area contributed by atoms with Gasteiger partial charge in [-0.05, 0) is 62.4 Å². The lowest BCUT2D eigenvalue weighted by Crippen LogP contribution is -2.33. The van der Waals surface area contributed by atoms with Crippen molar-refractivity contribution in [3.8, 4) is 11.1 Å². The molecule has 1 aliphatic carbocycles. The molecule has 196 valence electrons. The number of carbonyl (C=O) groups excluding carboxylic acids is 2. The number of hydrogen-bond acceptors (Lipinski definition) is 6. The van der Waals surface area contributed by atoms with Crippen LogP contribution in [0.15, 0.2) is 59.9 Å². The Labute approximate surface area is 221 Å². The summed E-state index contributed by atoms with van der Waals surface area (Å²) in [5.74, 6) is -0.747. The van der Waals surface area contributed by atoms with Crippen molar-refractivity contribution in [3.05, 3.63) is 82.7 Å². The number of halogens is 1. The van der Waals surface area contributed by atoms with Crippen LogP contribution in [0.5, 0.6) is 0 Å². The highest BCUT2D eigenvalue weighted by atomic mass is 19.1. The van der Waals surface area contributed by atoms with Gasteiger partial charge in [0.1, 0.15) is 17.2 Å². The predicted octanol–water partition coefficient (Wildman–Crippen LogP) is 6.43. The van der Waals surface area contributed by atoms with Crippen LogP contribution in [0.25, 0.3) is 17.2 Å². The Hall–Kier alpha value is -4.07. The third-order valence-electron chi connectivity index (χ3n) is 6.62. The van der Waals surface area contributed by atoms with Gasteiger partial charge in [0.25, 0.3) is 0 Å². The molecule has 1 aromatic carbocycles. The number of rotatable bonds is 4. The van der Waals surface area contributed by atoms with Crippen molar-refractivity contribution in [3.63, 3.8) is 0 Å². The van der Waals surface area contributed by atoms with E-state index < -0.39 is 17.5 Å². The van der Waals surface area contributed by atoms with E-state index in [9.17, 15) is 14.0 Å². The van der Waals surface area contributed by atoms with Gasteiger partial charge in [0.05, 0.1) is 5.69 Å². The average molecular weight is 515 g/mol. The molecule has 2 aromatic heterocycles. The summed E-state index contributed by atoms with van der Waals surface area (Å²) in [5, 5.41) is 10.6. The second-order valence-corrected chi connectivity index (χ2v) is 11.6. The second kappa shape index (κ2) is 9.35. The van der Waals surface area contributed by atoms with Gasteiger partial charge in [0.15, 0.2) is 11.5 Å². The zero-order chi connectivity index (χ0) is 27.2. The summed E-state index contributed by atoms with van der Waals surface area (Å²) in [5.41, 5.74) is 3.52. The van der Waals surface area contributed by atoms with Crippen molar-refractivity contribution in [2.24, 2.45) is 5.41 Å². The number of allylic oxidation sites excluding steroid dienone is 3. The van der Waals surface area contributed by atoms with E-state index in [1.165, 1.54) is 12.1 Å². The van der Waals surface area contributed by atoms with Crippen LogP contribution in [0.4, 0.5) is 10.2 Å². The Bertz CT molecular complexity index is 1480. The van der Waals surface area contributed by atoms with Gasteiger partial charge < -0.3 is 10.1 Å². The summed E-state index contributed by atoms with van der Waals surface area (Å²) in [6, 6.07) is 10.1. The van der Waals surface area contributed by atoms with Gasteiger partial charge in [-0.2, -0.15) is 5.10 Å². The normalized spacial score (nSPS) is 18.7. The standard InChI is InChI=1S/C30H31FN4O3/c1-29(2,3)38-28(37)26-25-21(24-22(33-27(25)35-34-26)14-30(4,5)15-23(24)36)12-11-20-10-9-18(16-32-20)17-7-6-8-19(31)13-17/h6-13,16,21H,14-15H2,1-5H3,(H2,33,34,35)/b12-11+. The Morgan fingerprint density at radius 1 is 1.16 bits per heavy atom. The SMILES string of the molecule is CC1(C)CC(=O)C2=C(C1)Nc1[nH]nc(C(=O)OC(C)(C)C)c1C2/C=C/c1ccc(-c2cccc(F)c2)cn1. The molecule has 0 bridgehead atoms. The number of pyridine rings is 1. The van der Waals surface area contributed by atoms with Crippen LogP contribution in [0.3, 0.4) is 0 Å². The largest absolute Gasteiger partial charge is 0.455 e. The molecule has 3 heterocycles. The van der Waals surface area contributed by atoms with Crippen LogP contribution in [0.2, 0.25) is 0 Å². The van der Waals surface area contributed by atoms with E-state index in [1.54, 1.807) is 33.0 Å². The summed E-state index contributed by atoms with van der Waals surface area (Å²) in [6.07, 6.45) is 6.51. The number of nitrogens with one attached hydrogen (secondary N) is 2. The van der Waals surface area contributed by atoms with Gasteiger partial charge in [-0.1, -0.05) is 38.1 Å². The number of benzene rings is 1. The Kier molecular flexibility index (Phi) is 6.29. The topological polar surface area (TPSA) is 97.0 Å². The quantitative estimate of drug-likeness (QED) is 0.389. The Balaban J connectivity index is 1.53. The summed E-state index contributed by atoms with van der Waals surface area (Å²) < 4.78 is 19.2. The maximum absolute atomic E-state index is 13.6. The summed E-state index contributed by atoms with van der Waals surface area (Å²) in [6.45, 7) is 9.53. The summed E-state index contributed by atoms with van der Waals surface area (Å²) in [4.78, 5) is 31.0. The average Bonchev–Trinajstić information content (AvgIpc) is 3.24. The fraction of sp³-hybridized carbons (Fsp3) is 0.333. The highest BCUT2D eigenvalue weighted by molar-refractivity contribution is 6.03. The molecule has 1 atom stereocenters. The number of aromatic nitrogens is 3. The van der Waals surface area contributed by atoms with Crippen LogP contribution in [-0.2, 0) is 9.53 Å². The number of aromatic amines is 1. The molecule has 2 N–H and O–H groups in total. The zero-order valence-corrected chi connectivity index (χ0v) is 22.2. The lowest BCUT2D eigenvalue weighted by molar-refractivity contribution is -0.118. The molecule has 1 aliphatic heterocycles. The minimum Gasteiger partial charge on any atom is -0.455 e. The highest BCUT2D eigenvalue weighted by Crippen LogP contribution is 2.47. The second-order valence-electron chi connectivity index (χ2n) is 11.6. The monoisotopic (exact) mass is 514 g/mol. The number of nitrogens with zero attached hydrogens (tertiary/aromatic N) is 2. The van der Waals surface area contributed by atoms with Crippen LogP contribution < -0.4 is 5.32 Å². The van der Waals surface area contributed by atoms with Crippen molar-refractivity contribution in [1.29, 1.82) is 0 Å². The molecule has 0 fully saturated rings. The Morgan fingerprint density at radius 2 is 1.95 bits per heavy atom. The molecule has 8 heteroatoms. The van der Waals surface area contributed by atoms with Crippen molar-refractivity contribution in [2.75, 3.05) is 5.32 Å². The molecule has 0 radical (unpaired) electrons. The van der Waals surface area contributed by atoms with Crippen molar-refractivity contribution >= 4 is 23.6 Å². The van der Waals surface area contributed by atoms with Gasteiger partial charge in [0.2, 0.25) is 0 Å². The molecular formula is C30H31FN4O3. The van der Waals surface area contributed by atoms with E-state index in [2.05, 4.69) is 34.3 Å². The smallest absolute Gasteiger partial charge is 0.359 e. The van der Waals surface area contributed by atoms with Gasteiger partial charge in [-0.15, -0.1) is 0 Å². The lowest BCUT2D eigenvalue weighted by Gasteiger charge is -2.37. The van der Waals surface area contributed by atoms with Crippen LogP contribution in [0, 0.1) is 11.2 Å². The van der Waals surface area contributed by atoms with Crippen molar-refractivity contribution in [2.45, 2.75) is 59.0 Å². The van der Waals surface area contributed by atoms with E-state index >= 15 is 0 Å². The Morgan fingerprint density at radius 3 is 2.63 bits per heavy atom. The van der Waals surface area contributed by atoms with Crippen molar-refractivity contribution < 1.29 is 18.7 Å². The first-order valence-corrected chi connectivity index (χ1v) is 12.7. The minimum atomic E-state index is -0.696. The number of carbonyl (C=O) groups is 2. The third kappa shape index (κ3) is 5.16. The molecule has 0 spiro atoms. The lowest BCUT2D eigenvalue weighted by atomic mass is 9.70. The first-order chi connectivity index (χ1) is 17.9. The highest BCUT2D eigenvalue weighted by Gasteiger charge is 2.42.